The number of carbonyl (C=O) groups excluding carboxylic acids is 2. The van der Waals surface area contributed by atoms with Crippen LogP contribution >= 0.6 is 0 Å². The summed E-state index contributed by atoms with van der Waals surface area (Å²) < 4.78 is 3.80. The molecule has 0 radical (unpaired) electrons. The van der Waals surface area contributed by atoms with Crippen molar-refractivity contribution in [2.45, 2.75) is 19.4 Å². The number of Topliss-reactive ketones (excluding diaryl/α,β-unsaturated/α-hetero) is 2. The Labute approximate surface area is 215 Å². The highest BCUT2D eigenvalue weighted by Crippen LogP contribution is 2.21. The summed E-state index contributed by atoms with van der Waals surface area (Å²) >= 11 is 0. The van der Waals surface area contributed by atoms with E-state index in [1.807, 2.05) is 114 Å². The van der Waals surface area contributed by atoms with Gasteiger partial charge in [-0.15, -0.1) is 0 Å². The Morgan fingerprint density at radius 2 is 1.43 bits per heavy atom. The maximum Gasteiger partial charge on any atom is 0.183 e. The summed E-state index contributed by atoms with van der Waals surface area (Å²) in [5, 5.41) is 13.7. The predicted octanol–water partition coefficient (Wildman–Crippen LogP) is 5.57. The van der Waals surface area contributed by atoms with Crippen molar-refractivity contribution in [3.63, 3.8) is 0 Å². The van der Waals surface area contributed by atoms with Crippen LogP contribution < -0.4 is 5.32 Å². The lowest BCUT2D eigenvalue weighted by Crippen LogP contribution is -2.08. The largest absolute Gasteiger partial charge is 0.395 e. The van der Waals surface area contributed by atoms with E-state index in [1.165, 1.54) is 0 Å². The molecule has 2 N–H and O–H groups in total. The minimum Gasteiger partial charge on any atom is -0.395 e. The van der Waals surface area contributed by atoms with Gasteiger partial charge in [0.2, 0.25) is 0 Å². The van der Waals surface area contributed by atoms with Gasteiger partial charge in [0.15, 0.2) is 11.6 Å². The summed E-state index contributed by atoms with van der Waals surface area (Å²) in [6, 6.07) is 27.1. The maximum atomic E-state index is 12.9. The van der Waals surface area contributed by atoms with E-state index < -0.39 is 0 Å². The summed E-state index contributed by atoms with van der Waals surface area (Å²) in [6.45, 7) is 0.560. The van der Waals surface area contributed by atoms with Crippen molar-refractivity contribution >= 4 is 33.8 Å². The van der Waals surface area contributed by atoms with E-state index in [0.29, 0.717) is 30.6 Å². The Balaban J connectivity index is 1.19. The smallest absolute Gasteiger partial charge is 0.183 e. The zero-order chi connectivity index (χ0) is 25.8. The summed E-state index contributed by atoms with van der Waals surface area (Å²) in [5.74, 6) is 0.150. The lowest BCUT2D eigenvalue weighted by molar-refractivity contribution is 0.0980. The summed E-state index contributed by atoms with van der Waals surface area (Å²) in [4.78, 5) is 25.4. The molecule has 0 bridgehead atoms. The van der Waals surface area contributed by atoms with Crippen molar-refractivity contribution in [3.8, 4) is 0 Å². The number of aliphatic hydroxyl groups is 1. The van der Waals surface area contributed by atoms with Gasteiger partial charge in [0.25, 0.3) is 0 Å². The first kappa shape index (κ1) is 24.3. The quantitative estimate of drug-likeness (QED) is 0.251. The Morgan fingerprint density at radius 3 is 2.03 bits per heavy atom. The van der Waals surface area contributed by atoms with Gasteiger partial charge in [-0.25, -0.2) is 0 Å². The third-order valence-electron chi connectivity index (χ3n) is 6.59. The summed E-state index contributed by atoms with van der Waals surface area (Å²) in [7, 11) is 1.87. The molecular weight excluding hydrogens is 462 g/mol. The van der Waals surface area contributed by atoms with Crippen LogP contribution in [0.5, 0.6) is 0 Å². The van der Waals surface area contributed by atoms with Crippen LogP contribution in [0.3, 0.4) is 0 Å². The molecule has 0 spiro atoms. The maximum absolute atomic E-state index is 12.9. The van der Waals surface area contributed by atoms with E-state index in [0.717, 1.165) is 33.4 Å². The standard InChI is InChI=1S/C31H29N3O3/c1-33-15-2-3-28(33)31(37)20-23-6-12-27(13-7-23)32-26-10-4-22(5-11-26)19-30(36)25-9-8-24-14-16-34(17-18-35)29(24)21-25/h2-16,21,32,35H,17-20H2,1H3. The van der Waals surface area contributed by atoms with Crippen molar-refractivity contribution in [2.75, 3.05) is 11.9 Å². The molecule has 2 heterocycles. The van der Waals surface area contributed by atoms with Crippen molar-refractivity contribution in [1.29, 1.82) is 0 Å². The number of anilines is 2. The molecule has 37 heavy (non-hydrogen) atoms. The molecule has 0 saturated heterocycles. The van der Waals surface area contributed by atoms with Crippen LogP contribution in [0.4, 0.5) is 11.4 Å². The van der Waals surface area contributed by atoms with Crippen molar-refractivity contribution in [3.05, 3.63) is 120 Å². The molecule has 0 aliphatic heterocycles. The molecule has 0 aliphatic carbocycles. The lowest BCUT2D eigenvalue weighted by atomic mass is 10.0. The van der Waals surface area contributed by atoms with E-state index in [2.05, 4.69) is 5.32 Å². The fraction of sp³-hybridized carbons (Fsp3) is 0.161. The molecule has 5 aromatic rings. The van der Waals surface area contributed by atoms with E-state index in [4.69, 9.17) is 0 Å². The first-order valence-corrected chi connectivity index (χ1v) is 12.3. The SMILES string of the molecule is Cn1cccc1C(=O)Cc1ccc(Nc2ccc(CC(=O)c3ccc4ccn(CCO)c4c3)cc2)cc1. The number of fused-ring (bicyclic) bond motifs is 1. The highest BCUT2D eigenvalue weighted by molar-refractivity contribution is 6.00. The number of carbonyl (C=O) groups is 2. The number of nitrogens with one attached hydrogen (secondary N) is 1. The molecule has 2 aromatic heterocycles. The number of hydrogen-bond acceptors (Lipinski definition) is 4. The number of aryl methyl sites for hydroxylation is 1. The summed E-state index contributed by atoms with van der Waals surface area (Å²) in [5.41, 5.74) is 6.08. The van der Waals surface area contributed by atoms with Crippen molar-refractivity contribution in [1.82, 2.24) is 9.13 Å². The monoisotopic (exact) mass is 491 g/mol. The van der Waals surface area contributed by atoms with Crippen LogP contribution in [-0.4, -0.2) is 32.4 Å². The molecule has 0 aliphatic rings. The average molecular weight is 492 g/mol. The number of aromatic nitrogens is 2. The number of rotatable bonds is 10. The van der Waals surface area contributed by atoms with Gasteiger partial charge < -0.3 is 19.6 Å². The molecular formula is C31H29N3O3. The molecule has 186 valence electrons. The topological polar surface area (TPSA) is 76.3 Å². The van der Waals surface area contributed by atoms with Gasteiger partial charge in [0.05, 0.1) is 12.3 Å². The van der Waals surface area contributed by atoms with Gasteiger partial charge in [-0.1, -0.05) is 36.4 Å². The lowest BCUT2D eigenvalue weighted by Gasteiger charge is -2.09. The molecule has 6 nitrogen and oxygen atoms in total. The molecule has 3 aromatic carbocycles. The second kappa shape index (κ2) is 10.7. The normalized spacial score (nSPS) is 11.1. The van der Waals surface area contributed by atoms with Gasteiger partial charge in [0.1, 0.15) is 0 Å². The number of aliphatic hydroxyl groups excluding tert-OH is 1. The summed E-state index contributed by atoms with van der Waals surface area (Å²) in [6.07, 6.45) is 4.48. The molecule has 5 rings (SSSR count). The zero-order valence-electron chi connectivity index (χ0n) is 20.7. The van der Waals surface area contributed by atoms with Crippen LogP contribution in [0.1, 0.15) is 32.0 Å². The number of hydrogen-bond donors (Lipinski definition) is 2. The van der Waals surface area contributed by atoms with E-state index in [-0.39, 0.29) is 18.2 Å². The number of nitrogens with zero attached hydrogens (tertiary/aromatic N) is 2. The second-order valence-electron chi connectivity index (χ2n) is 9.23. The van der Waals surface area contributed by atoms with Gasteiger partial charge in [-0.05, 0) is 65.0 Å². The van der Waals surface area contributed by atoms with E-state index in [1.54, 1.807) is 0 Å². The van der Waals surface area contributed by atoms with Crippen LogP contribution in [0.15, 0.2) is 97.3 Å². The van der Waals surface area contributed by atoms with Crippen LogP contribution in [0.2, 0.25) is 0 Å². The van der Waals surface area contributed by atoms with Crippen LogP contribution in [0, 0.1) is 0 Å². The predicted molar refractivity (Wildman–Crippen MR) is 147 cm³/mol. The molecule has 0 fully saturated rings. The van der Waals surface area contributed by atoms with Gasteiger partial charge >= 0.3 is 0 Å². The van der Waals surface area contributed by atoms with E-state index >= 15 is 0 Å². The minimum atomic E-state index is 0.0554. The second-order valence-corrected chi connectivity index (χ2v) is 9.23. The third-order valence-corrected chi connectivity index (χ3v) is 6.59. The molecule has 0 saturated carbocycles. The Morgan fingerprint density at radius 1 is 0.784 bits per heavy atom. The van der Waals surface area contributed by atoms with Crippen LogP contribution in [0.25, 0.3) is 10.9 Å². The minimum absolute atomic E-state index is 0.0554. The Kier molecular flexibility index (Phi) is 7.01. The highest BCUT2D eigenvalue weighted by atomic mass is 16.3. The van der Waals surface area contributed by atoms with Crippen molar-refractivity contribution < 1.29 is 14.7 Å². The zero-order valence-corrected chi connectivity index (χ0v) is 20.7. The first-order chi connectivity index (χ1) is 18.0. The third kappa shape index (κ3) is 5.55. The molecule has 6 heteroatoms. The van der Waals surface area contributed by atoms with Gasteiger partial charge in [0, 0.05) is 61.3 Å². The van der Waals surface area contributed by atoms with Gasteiger partial charge in [-0.2, -0.15) is 0 Å². The number of benzene rings is 3. The number of ketones is 2. The first-order valence-electron chi connectivity index (χ1n) is 12.3. The molecule has 0 atom stereocenters. The fourth-order valence-electron chi connectivity index (χ4n) is 4.55. The highest BCUT2D eigenvalue weighted by Gasteiger charge is 2.11. The van der Waals surface area contributed by atoms with Crippen molar-refractivity contribution in [2.24, 2.45) is 7.05 Å². The van der Waals surface area contributed by atoms with E-state index in [9.17, 15) is 14.7 Å². The fourth-order valence-corrected chi connectivity index (χ4v) is 4.55. The molecule has 0 unspecified atom stereocenters. The Hall–Kier alpha value is -4.42. The Bertz CT molecular complexity index is 1540. The molecule has 0 amide bonds. The van der Waals surface area contributed by atoms with Gasteiger partial charge in [-0.3, -0.25) is 9.59 Å². The van der Waals surface area contributed by atoms with Crippen LogP contribution in [-0.2, 0) is 26.4 Å². The average Bonchev–Trinajstić information content (AvgIpc) is 3.52.